The monoisotopic (exact) mass is 352 g/mol. The molecule has 1 N–H and O–H groups in total. The van der Waals surface area contributed by atoms with E-state index in [1.807, 2.05) is 31.2 Å². The zero-order chi connectivity index (χ0) is 18.4. The summed E-state index contributed by atoms with van der Waals surface area (Å²) in [6.07, 6.45) is 1.82. The minimum atomic E-state index is 0.0929. The molecule has 0 unspecified atom stereocenters. The first kappa shape index (κ1) is 18.5. The number of amides is 1. The minimum absolute atomic E-state index is 0.0929. The third-order valence-electron chi connectivity index (χ3n) is 4.88. The molecule has 0 spiro atoms. The Hall–Kier alpha value is -2.33. The van der Waals surface area contributed by atoms with E-state index in [0.717, 1.165) is 43.9 Å². The van der Waals surface area contributed by atoms with Gasteiger partial charge in [0, 0.05) is 18.2 Å². The third-order valence-corrected chi connectivity index (χ3v) is 4.88. The molecule has 1 fully saturated rings. The van der Waals surface area contributed by atoms with Gasteiger partial charge in [-0.05, 0) is 69.6 Å². The van der Waals surface area contributed by atoms with Crippen molar-refractivity contribution in [2.75, 3.05) is 25.0 Å². The second-order valence-electron chi connectivity index (χ2n) is 6.99. The van der Waals surface area contributed by atoms with Gasteiger partial charge in [0.1, 0.15) is 5.75 Å². The van der Waals surface area contributed by atoms with E-state index < -0.39 is 0 Å². The van der Waals surface area contributed by atoms with Gasteiger partial charge in [0.25, 0.3) is 0 Å². The molecule has 0 saturated carbocycles. The van der Waals surface area contributed by atoms with Gasteiger partial charge in [-0.2, -0.15) is 0 Å². The number of likely N-dealkylation sites (tertiary alicyclic amines) is 1. The lowest BCUT2D eigenvalue weighted by Crippen LogP contribution is -2.37. The van der Waals surface area contributed by atoms with E-state index in [1.165, 1.54) is 11.1 Å². The van der Waals surface area contributed by atoms with Crippen LogP contribution >= 0.6 is 0 Å². The van der Waals surface area contributed by atoms with Crippen molar-refractivity contribution in [1.29, 1.82) is 0 Å². The van der Waals surface area contributed by atoms with E-state index in [-0.39, 0.29) is 11.8 Å². The maximum Gasteiger partial charge on any atom is 0.227 e. The van der Waals surface area contributed by atoms with Crippen LogP contribution in [-0.2, 0) is 11.3 Å². The first-order valence-electron chi connectivity index (χ1n) is 9.45. The van der Waals surface area contributed by atoms with E-state index >= 15 is 0 Å². The maximum atomic E-state index is 12.5. The Morgan fingerprint density at radius 3 is 2.54 bits per heavy atom. The van der Waals surface area contributed by atoms with E-state index in [1.54, 1.807) is 0 Å². The van der Waals surface area contributed by atoms with E-state index in [0.29, 0.717) is 6.61 Å². The number of hydrogen-bond acceptors (Lipinski definition) is 3. The normalized spacial score (nSPS) is 15.6. The molecular weight excluding hydrogens is 324 g/mol. The fourth-order valence-corrected chi connectivity index (χ4v) is 3.47. The van der Waals surface area contributed by atoms with Crippen molar-refractivity contribution in [2.24, 2.45) is 5.92 Å². The van der Waals surface area contributed by atoms with Crippen molar-refractivity contribution < 1.29 is 9.53 Å². The molecule has 0 radical (unpaired) electrons. The van der Waals surface area contributed by atoms with Crippen LogP contribution in [-0.4, -0.2) is 30.5 Å². The summed E-state index contributed by atoms with van der Waals surface area (Å²) in [5.41, 5.74) is 3.48. The number of anilines is 1. The minimum Gasteiger partial charge on any atom is -0.494 e. The van der Waals surface area contributed by atoms with Crippen LogP contribution in [0.3, 0.4) is 0 Å². The molecule has 1 saturated heterocycles. The fraction of sp³-hybridized carbons (Fsp3) is 0.409. The SMILES string of the molecule is CCOc1ccc(NC(=O)C2CCN(Cc3cccc(C)c3)CC2)cc1. The highest BCUT2D eigenvalue weighted by molar-refractivity contribution is 5.92. The van der Waals surface area contributed by atoms with Crippen molar-refractivity contribution in [3.63, 3.8) is 0 Å². The number of nitrogens with one attached hydrogen (secondary N) is 1. The zero-order valence-corrected chi connectivity index (χ0v) is 15.7. The number of ether oxygens (including phenoxy) is 1. The Morgan fingerprint density at radius 1 is 1.15 bits per heavy atom. The Labute approximate surface area is 156 Å². The molecule has 0 aromatic heterocycles. The average molecular weight is 352 g/mol. The maximum absolute atomic E-state index is 12.5. The van der Waals surface area contributed by atoms with Crippen LogP contribution in [0.1, 0.15) is 30.9 Å². The van der Waals surface area contributed by atoms with Crippen molar-refractivity contribution >= 4 is 11.6 Å². The zero-order valence-electron chi connectivity index (χ0n) is 15.7. The van der Waals surface area contributed by atoms with Gasteiger partial charge < -0.3 is 10.1 Å². The van der Waals surface area contributed by atoms with E-state index in [4.69, 9.17) is 4.74 Å². The summed E-state index contributed by atoms with van der Waals surface area (Å²) in [6, 6.07) is 16.2. The number of benzene rings is 2. The number of piperidine rings is 1. The topological polar surface area (TPSA) is 41.6 Å². The van der Waals surface area contributed by atoms with Gasteiger partial charge in [0.2, 0.25) is 5.91 Å². The second kappa shape index (κ2) is 8.86. The van der Waals surface area contributed by atoms with Crippen molar-refractivity contribution in [3.05, 3.63) is 59.7 Å². The number of rotatable bonds is 6. The van der Waals surface area contributed by atoms with Crippen molar-refractivity contribution in [3.8, 4) is 5.75 Å². The molecule has 1 amide bonds. The Balaban J connectivity index is 1.47. The molecule has 3 rings (SSSR count). The molecule has 2 aromatic rings. The molecule has 4 nitrogen and oxygen atoms in total. The van der Waals surface area contributed by atoms with Gasteiger partial charge in [-0.15, -0.1) is 0 Å². The van der Waals surface area contributed by atoms with Crippen molar-refractivity contribution in [2.45, 2.75) is 33.2 Å². The summed E-state index contributed by atoms with van der Waals surface area (Å²) in [5, 5.41) is 3.04. The van der Waals surface area contributed by atoms with Crippen LogP contribution in [0, 0.1) is 12.8 Å². The van der Waals surface area contributed by atoms with Crippen LogP contribution in [0.4, 0.5) is 5.69 Å². The predicted molar refractivity (Wildman–Crippen MR) is 105 cm³/mol. The van der Waals surface area contributed by atoms with Crippen LogP contribution in [0.5, 0.6) is 5.75 Å². The molecule has 1 aliphatic rings. The molecule has 0 aliphatic carbocycles. The predicted octanol–water partition coefficient (Wildman–Crippen LogP) is 4.24. The molecule has 0 atom stereocenters. The molecule has 0 bridgehead atoms. The largest absolute Gasteiger partial charge is 0.494 e. The highest BCUT2D eigenvalue weighted by atomic mass is 16.5. The number of carbonyl (C=O) groups excluding carboxylic acids is 1. The smallest absolute Gasteiger partial charge is 0.227 e. The summed E-state index contributed by atoms with van der Waals surface area (Å²) in [5.74, 6) is 1.05. The second-order valence-corrected chi connectivity index (χ2v) is 6.99. The van der Waals surface area contributed by atoms with Gasteiger partial charge in [-0.3, -0.25) is 9.69 Å². The van der Waals surface area contributed by atoms with Crippen LogP contribution in [0.15, 0.2) is 48.5 Å². The highest BCUT2D eigenvalue weighted by Gasteiger charge is 2.25. The van der Waals surface area contributed by atoms with Crippen LogP contribution in [0.25, 0.3) is 0 Å². The Morgan fingerprint density at radius 2 is 1.88 bits per heavy atom. The molecule has 1 aliphatic heterocycles. The number of nitrogens with zero attached hydrogens (tertiary/aromatic N) is 1. The van der Waals surface area contributed by atoms with Gasteiger partial charge in [-0.1, -0.05) is 29.8 Å². The summed E-state index contributed by atoms with van der Waals surface area (Å²) < 4.78 is 5.43. The lowest BCUT2D eigenvalue weighted by atomic mass is 9.95. The van der Waals surface area contributed by atoms with Gasteiger partial charge in [-0.25, -0.2) is 0 Å². The van der Waals surface area contributed by atoms with E-state index in [2.05, 4.69) is 41.4 Å². The number of hydrogen-bond donors (Lipinski definition) is 1. The van der Waals surface area contributed by atoms with E-state index in [9.17, 15) is 4.79 Å². The quantitative estimate of drug-likeness (QED) is 0.845. The van der Waals surface area contributed by atoms with Gasteiger partial charge in [0.15, 0.2) is 0 Å². The standard InChI is InChI=1S/C22H28N2O2/c1-3-26-21-9-7-20(8-10-21)23-22(25)19-11-13-24(14-12-19)16-18-6-4-5-17(2)15-18/h4-10,15,19H,3,11-14,16H2,1-2H3,(H,23,25). The molecule has 4 heteroatoms. The lowest BCUT2D eigenvalue weighted by Gasteiger charge is -2.31. The first-order chi connectivity index (χ1) is 12.6. The molecule has 1 heterocycles. The highest BCUT2D eigenvalue weighted by Crippen LogP contribution is 2.22. The van der Waals surface area contributed by atoms with Crippen molar-refractivity contribution in [1.82, 2.24) is 4.90 Å². The lowest BCUT2D eigenvalue weighted by molar-refractivity contribution is -0.121. The van der Waals surface area contributed by atoms with Crippen LogP contribution in [0.2, 0.25) is 0 Å². The fourth-order valence-electron chi connectivity index (χ4n) is 3.47. The van der Waals surface area contributed by atoms with Gasteiger partial charge in [0.05, 0.1) is 6.61 Å². The Kier molecular flexibility index (Phi) is 6.29. The first-order valence-corrected chi connectivity index (χ1v) is 9.45. The third kappa shape index (κ3) is 5.09. The summed E-state index contributed by atoms with van der Waals surface area (Å²) >= 11 is 0. The number of aryl methyl sites for hydroxylation is 1. The Bertz CT molecular complexity index is 719. The summed E-state index contributed by atoms with van der Waals surface area (Å²) in [7, 11) is 0. The molecular formula is C22H28N2O2. The average Bonchev–Trinajstić information content (AvgIpc) is 2.64. The molecule has 2 aromatic carbocycles. The van der Waals surface area contributed by atoms with Gasteiger partial charge >= 0.3 is 0 Å². The summed E-state index contributed by atoms with van der Waals surface area (Å²) in [6.45, 7) is 7.63. The molecule has 26 heavy (non-hydrogen) atoms. The number of carbonyl (C=O) groups is 1. The molecule has 138 valence electrons. The summed E-state index contributed by atoms with van der Waals surface area (Å²) in [4.78, 5) is 15.0. The van der Waals surface area contributed by atoms with Crippen LogP contribution < -0.4 is 10.1 Å².